The molecule has 2 heterocycles. The van der Waals surface area contributed by atoms with Gasteiger partial charge in [-0.3, -0.25) is 0 Å². The maximum atomic E-state index is 12.5. The average molecular weight is 430 g/mol. The van der Waals surface area contributed by atoms with E-state index in [0.29, 0.717) is 37.8 Å². The van der Waals surface area contributed by atoms with Crippen molar-refractivity contribution in [2.24, 2.45) is 4.99 Å². The summed E-state index contributed by atoms with van der Waals surface area (Å²) in [6, 6.07) is 6.08. The van der Waals surface area contributed by atoms with E-state index in [-0.39, 0.29) is 6.54 Å². The lowest BCUT2D eigenvalue weighted by Crippen LogP contribution is -2.39. The predicted octanol–water partition coefficient (Wildman–Crippen LogP) is 3.43. The Morgan fingerprint density at radius 3 is 2.59 bits per heavy atom. The van der Waals surface area contributed by atoms with Crippen molar-refractivity contribution in [1.82, 2.24) is 15.6 Å². The van der Waals surface area contributed by atoms with Crippen LogP contribution in [-0.2, 0) is 11.8 Å². The number of aliphatic imine (C=N–C) groups is 1. The van der Waals surface area contributed by atoms with Gasteiger partial charge in [0.05, 0.1) is 12.1 Å². The first-order valence-corrected chi connectivity index (χ1v) is 10.2. The Labute approximate surface area is 172 Å². The van der Waals surface area contributed by atoms with Crippen LogP contribution in [-0.4, -0.2) is 42.2 Å². The Morgan fingerprint density at radius 2 is 2.00 bits per heavy atom. The van der Waals surface area contributed by atoms with Crippen LogP contribution in [0.5, 0.6) is 0 Å². The molecule has 0 amide bonds. The van der Waals surface area contributed by atoms with Gasteiger partial charge in [-0.15, -0.1) is 11.3 Å². The standard InChI is InChI=1S/C19H26F3N5OS/c1-3-23-17(27-13-18(2,28)15-6-4-11-29-15)25-10-5-9-24-16-8-7-14(12-26-16)19(20,21)22/h4,6-8,11-12,28H,3,5,9-10,13H2,1-2H3,(H,24,26)(H2,23,25,27). The number of halogens is 3. The highest BCUT2D eigenvalue weighted by Gasteiger charge is 2.30. The molecule has 2 aromatic rings. The first-order valence-electron chi connectivity index (χ1n) is 9.28. The molecule has 4 N–H and O–H groups in total. The van der Waals surface area contributed by atoms with Crippen LogP contribution in [0, 0.1) is 0 Å². The second-order valence-corrected chi connectivity index (χ2v) is 7.53. The third-order valence-electron chi connectivity index (χ3n) is 3.98. The molecule has 0 radical (unpaired) electrons. The van der Waals surface area contributed by atoms with Crippen molar-refractivity contribution in [3.8, 4) is 0 Å². The third-order valence-corrected chi connectivity index (χ3v) is 5.11. The molecule has 6 nitrogen and oxygen atoms in total. The van der Waals surface area contributed by atoms with Gasteiger partial charge in [-0.05, 0) is 43.8 Å². The van der Waals surface area contributed by atoms with Gasteiger partial charge in [-0.25, -0.2) is 9.98 Å². The normalized spacial score (nSPS) is 14.3. The highest BCUT2D eigenvalue weighted by atomic mass is 32.1. The fraction of sp³-hybridized carbons (Fsp3) is 0.474. The maximum Gasteiger partial charge on any atom is 0.417 e. The summed E-state index contributed by atoms with van der Waals surface area (Å²) in [5.74, 6) is 0.988. The predicted molar refractivity (Wildman–Crippen MR) is 110 cm³/mol. The summed E-state index contributed by atoms with van der Waals surface area (Å²) in [7, 11) is 0. The van der Waals surface area contributed by atoms with E-state index in [9.17, 15) is 18.3 Å². The zero-order valence-electron chi connectivity index (χ0n) is 16.4. The van der Waals surface area contributed by atoms with Gasteiger partial charge in [-0.2, -0.15) is 13.2 Å². The van der Waals surface area contributed by atoms with E-state index in [0.717, 1.165) is 17.1 Å². The average Bonchev–Trinajstić information content (AvgIpc) is 3.21. The summed E-state index contributed by atoms with van der Waals surface area (Å²) in [5, 5.41) is 21.8. The topological polar surface area (TPSA) is 81.6 Å². The molecular formula is C19H26F3N5OS. The van der Waals surface area contributed by atoms with Crippen molar-refractivity contribution in [3.63, 3.8) is 0 Å². The van der Waals surface area contributed by atoms with Crippen LogP contribution in [0.3, 0.4) is 0 Å². The van der Waals surface area contributed by atoms with Crippen molar-refractivity contribution in [3.05, 3.63) is 46.3 Å². The third kappa shape index (κ3) is 7.54. The molecule has 2 rings (SSSR count). The Bertz CT molecular complexity index is 761. The lowest BCUT2D eigenvalue weighted by atomic mass is 10.1. The molecule has 10 heteroatoms. The number of nitrogens with one attached hydrogen (secondary N) is 3. The fourth-order valence-electron chi connectivity index (χ4n) is 2.42. The number of aromatic nitrogens is 1. The van der Waals surface area contributed by atoms with E-state index < -0.39 is 17.3 Å². The van der Waals surface area contributed by atoms with Crippen molar-refractivity contribution >= 4 is 23.1 Å². The van der Waals surface area contributed by atoms with Crippen molar-refractivity contribution in [2.45, 2.75) is 32.0 Å². The van der Waals surface area contributed by atoms with E-state index >= 15 is 0 Å². The quantitative estimate of drug-likeness (QED) is 0.279. The minimum absolute atomic E-state index is 0.219. The molecule has 0 aliphatic heterocycles. The van der Waals surface area contributed by atoms with Crippen LogP contribution in [0.25, 0.3) is 0 Å². The van der Waals surface area contributed by atoms with Crippen LogP contribution in [0.2, 0.25) is 0 Å². The summed E-state index contributed by atoms with van der Waals surface area (Å²) in [4.78, 5) is 9.07. The molecule has 0 aromatic carbocycles. The molecule has 0 aliphatic rings. The fourth-order valence-corrected chi connectivity index (χ4v) is 3.19. The first-order chi connectivity index (χ1) is 13.7. The van der Waals surface area contributed by atoms with Crippen LogP contribution < -0.4 is 16.0 Å². The molecule has 0 bridgehead atoms. The lowest BCUT2D eigenvalue weighted by Gasteiger charge is -2.20. The van der Waals surface area contributed by atoms with E-state index in [2.05, 4.69) is 25.9 Å². The largest absolute Gasteiger partial charge is 0.417 e. The smallest absolute Gasteiger partial charge is 0.383 e. The second-order valence-electron chi connectivity index (χ2n) is 6.58. The Kier molecular flexibility index (Phi) is 8.27. The van der Waals surface area contributed by atoms with Gasteiger partial charge in [0.2, 0.25) is 0 Å². The van der Waals surface area contributed by atoms with Crippen LogP contribution in [0.4, 0.5) is 19.0 Å². The number of alkyl halides is 3. The molecule has 0 fully saturated rings. The van der Waals surface area contributed by atoms with Gasteiger partial charge in [-0.1, -0.05) is 6.07 Å². The summed E-state index contributed by atoms with van der Waals surface area (Å²) in [5.41, 5.74) is -1.80. The van der Waals surface area contributed by atoms with Gasteiger partial charge >= 0.3 is 6.18 Å². The second kappa shape index (κ2) is 10.4. The van der Waals surface area contributed by atoms with Gasteiger partial charge in [0.15, 0.2) is 5.96 Å². The Hall–Kier alpha value is -2.33. The first kappa shape index (κ1) is 23.0. The number of pyridine rings is 1. The summed E-state index contributed by atoms with van der Waals surface area (Å²) in [6.45, 7) is 5.72. The molecule has 29 heavy (non-hydrogen) atoms. The van der Waals surface area contributed by atoms with Crippen LogP contribution >= 0.6 is 11.3 Å². The Morgan fingerprint density at radius 1 is 1.21 bits per heavy atom. The molecule has 1 atom stereocenters. The maximum absolute atomic E-state index is 12.5. The number of thiophene rings is 1. The minimum Gasteiger partial charge on any atom is -0.383 e. The van der Waals surface area contributed by atoms with E-state index in [4.69, 9.17) is 0 Å². The van der Waals surface area contributed by atoms with Gasteiger partial charge in [0, 0.05) is 30.7 Å². The molecule has 0 spiro atoms. The minimum atomic E-state index is -4.38. The molecule has 0 saturated carbocycles. The number of aliphatic hydroxyl groups is 1. The molecule has 1 unspecified atom stereocenters. The summed E-state index contributed by atoms with van der Waals surface area (Å²) >= 11 is 1.48. The number of guanidine groups is 1. The van der Waals surface area contributed by atoms with Crippen molar-refractivity contribution in [1.29, 1.82) is 0 Å². The molecule has 2 aromatic heterocycles. The number of hydrogen-bond acceptors (Lipinski definition) is 5. The van der Waals surface area contributed by atoms with Crippen molar-refractivity contribution in [2.75, 3.05) is 31.5 Å². The molecular weight excluding hydrogens is 403 g/mol. The highest BCUT2D eigenvalue weighted by Crippen LogP contribution is 2.28. The highest BCUT2D eigenvalue weighted by molar-refractivity contribution is 7.10. The molecule has 0 aliphatic carbocycles. The zero-order chi connectivity index (χ0) is 21.3. The summed E-state index contributed by atoms with van der Waals surface area (Å²) < 4.78 is 37.6. The van der Waals surface area contributed by atoms with Gasteiger partial charge in [0.1, 0.15) is 11.4 Å². The van der Waals surface area contributed by atoms with Crippen LogP contribution in [0.1, 0.15) is 30.7 Å². The van der Waals surface area contributed by atoms with Gasteiger partial charge < -0.3 is 21.1 Å². The zero-order valence-corrected chi connectivity index (χ0v) is 17.2. The van der Waals surface area contributed by atoms with Gasteiger partial charge in [0.25, 0.3) is 0 Å². The number of hydrogen-bond donors (Lipinski definition) is 4. The Balaban J connectivity index is 1.76. The monoisotopic (exact) mass is 429 g/mol. The van der Waals surface area contributed by atoms with Crippen molar-refractivity contribution < 1.29 is 18.3 Å². The number of nitrogens with zero attached hydrogens (tertiary/aromatic N) is 2. The number of anilines is 1. The van der Waals surface area contributed by atoms with E-state index in [1.54, 1.807) is 6.92 Å². The lowest BCUT2D eigenvalue weighted by molar-refractivity contribution is -0.137. The number of rotatable bonds is 9. The molecule has 0 saturated heterocycles. The summed E-state index contributed by atoms with van der Waals surface area (Å²) in [6.07, 6.45) is -2.87. The van der Waals surface area contributed by atoms with E-state index in [1.807, 2.05) is 24.4 Å². The SMILES string of the molecule is CCNC(=NCC(C)(O)c1cccs1)NCCCNc1ccc(C(F)(F)F)cn1. The van der Waals surface area contributed by atoms with E-state index in [1.165, 1.54) is 17.4 Å². The van der Waals surface area contributed by atoms with Crippen LogP contribution in [0.15, 0.2) is 40.8 Å². The molecule has 160 valence electrons.